The lowest BCUT2D eigenvalue weighted by atomic mass is 10.2. The van der Waals surface area contributed by atoms with Crippen LogP contribution in [0.4, 0.5) is 0 Å². The lowest BCUT2D eigenvalue weighted by Crippen LogP contribution is -2.21. The molecule has 132 valence electrons. The van der Waals surface area contributed by atoms with E-state index in [-0.39, 0.29) is 5.91 Å². The number of aryl methyl sites for hydroxylation is 1. The highest BCUT2D eigenvalue weighted by molar-refractivity contribution is 5.91. The van der Waals surface area contributed by atoms with Gasteiger partial charge in [-0.25, -0.2) is 0 Å². The first-order valence-electron chi connectivity index (χ1n) is 8.40. The third-order valence-electron chi connectivity index (χ3n) is 3.54. The fourth-order valence-electron chi connectivity index (χ4n) is 2.28. The number of hydrogen-bond acceptors (Lipinski definition) is 4. The molecule has 0 fully saturated rings. The molecule has 1 amide bonds. The lowest BCUT2D eigenvalue weighted by molar-refractivity contribution is -0.116. The molecule has 0 atom stereocenters. The molecule has 1 N–H and O–H groups in total. The summed E-state index contributed by atoms with van der Waals surface area (Å²) in [5.41, 5.74) is 2.79. The summed E-state index contributed by atoms with van der Waals surface area (Å²) in [6.07, 6.45) is 4.97. The third kappa shape index (κ3) is 5.64. The van der Waals surface area contributed by atoms with Gasteiger partial charge < -0.3 is 14.8 Å². The first-order chi connectivity index (χ1) is 12.1. The van der Waals surface area contributed by atoms with Gasteiger partial charge in [0, 0.05) is 12.3 Å². The topological polar surface area (TPSA) is 60.5 Å². The van der Waals surface area contributed by atoms with Crippen molar-refractivity contribution in [3.63, 3.8) is 0 Å². The Balaban J connectivity index is 1.99. The van der Waals surface area contributed by atoms with E-state index in [1.807, 2.05) is 51.1 Å². The van der Waals surface area contributed by atoms with E-state index in [0.29, 0.717) is 31.3 Å². The van der Waals surface area contributed by atoms with E-state index in [4.69, 9.17) is 9.47 Å². The van der Waals surface area contributed by atoms with Gasteiger partial charge in [0.05, 0.1) is 25.5 Å². The van der Waals surface area contributed by atoms with Crippen LogP contribution in [0.5, 0.6) is 11.5 Å². The molecule has 25 heavy (non-hydrogen) atoms. The van der Waals surface area contributed by atoms with E-state index in [0.717, 1.165) is 16.8 Å². The van der Waals surface area contributed by atoms with Gasteiger partial charge in [-0.3, -0.25) is 9.78 Å². The molecule has 2 rings (SSSR count). The first kappa shape index (κ1) is 18.5. The standard InChI is InChI=1S/C20H24N2O3/c1-4-24-18-10-8-16(13-19(18)25-5-2)9-11-20(23)22-14-17-15(3)7-6-12-21-17/h6-13H,4-5,14H2,1-3H3,(H,22,23). The third-order valence-corrected chi connectivity index (χ3v) is 3.54. The van der Waals surface area contributed by atoms with Crippen LogP contribution in [0.2, 0.25) is 0 Å². The van der Waals surface area contributed by atoms with Crippen LogP contribution in [0.1, 0.15) is 30.7 Å². The summed E-state index contributed by atoms with van der Waals surface area (Å²) in [5, 5.41) is 2.84. The Labute approximate surface area is 148 Å². The molecule has 5 nitrogen and oxygen atoms in total. The highest BCUT2D eigenvalue weighted by atomic mass is 16.5. The van der Waals surface area contributed by atoms with E-state index in [1.165, 1.54) is 6.08 Å². The van der Waals surface area contributed by atoms with Crippen LogP contribution in [0.3, 0.4) is 0 Å². The van der Waals surface area contributed by atoms with Gasteiger partial charge in [0.25, 0.3) is 0 Å². The maximum Gasteiger partial charge on any atom is 0.244 e. The maximum atomic E-state index is 12.0. The normalized spacial score (nSPS) is 10.7. The Morgan fingerprint density at radius 3 is 2.64 bits per heavy atom. The highest BCUT2D eigenvalue weighted by Crippen LogP contribution is 2.28. The molecule has 1 aromatic heterocycles. The van der Waals surface area contributed by atoms with E-state index < -0.39 is 0 Å². The van der Waals surface area contributed by atoms with Crippen LogP contribution < -0.4 is 14.8 Å². The van der Waals surface area contributed by atoms with E-state index >= 15 is 0 Å². The molecular formula is C20H24N2O3. The van der Waals surface area contributed by atoms with Crippen molar-refractivity contribution in [3.05, 3.63) is 59.4 Å². The Hall–Kier alpha value is -2.82. The minimum absolute atomic E-state index is 0.170. The van der Waals surface area contributed by atoms with Crippen LogP contribution in [0, 0.1) is 6.92 Å². The van der Waals surface area contributed by atoms with Crippen molar-refractivity contribution in [3.8, 4) is 11.5 Å². The molecule has 0 aliphatic heterocycles. The number of carbonyl (C=O) groups excluding carboxylic acids is 1. The molecule has 1 aromatic carbocycles. The number of pyridine rings is 1. The monoisotopic (exact) mass is 340 g/mol. The van der Waals surface area contributed by atoms with Crippen molar-refractivity contribution < 1.29 is 14.3 Å². The fraction of sp³-hybridized carbons (Fsp3) is 0.300. The van der Waals surface area contributed by atoms with Crippen molar-refractivity contribution in [2.75, 3.05) is 13.2 Å². The molecular weight excluding hydrogens is 316 g/mol. The average Bonchev–Trinajstić information content (AvgIpc) is 2.61. The molecule has 0 aliphatic rings. The number of rotatable bonds is 8. The number of nitrogens with one attached hydrogen (secondary N) is 1. The van der Waals surface area contributed by atoms with Gasteiger partial charge >= 0.3 is 0 Å². The van der Waals surface area contributed by atoms with E-state index in [9.17, 15) is 4.79 Å². The van der Waals surface area contributed by atoms with Gasteiger partial charge in [0.2, 0.25) is 5.91 Å². The summed E-state index contributed by atoms with van der Waals surface area (Å²) in [6.45, 7) is 7.35. The summed E-state index contributed by atoms with van der Waals surface area (Å²) < 4.78 is 11.1. The second-order valence-corrected chi connectivity index (χ2v) is 5.39. The Kier molecular flexibility index (Phi) is 7.01. The number of carbonyl (C=O) groups is 1. The van der Waals surface area contributed by atoms with Crippen LogP contribution in [-0.4, -0.2) is 24.1 Å². The molecule has 0 saturated heterocycles. The fourth-order valence-corrected chi connectivity index (χ4v) is 2.28. The number of ether oxygens (including phenoxy) is 2. The lowest BCUT2D eigenvalue weighted by Gasteiger charge is -2.11. The van der Waals surface area contributed by atoms with Crippen molar-refractivity contribution >= 4 is 12.0 Å². The number of benzene rings is 1. The Morgan fingerprint density at radius 1 is 1.16 bits per heavy atom. The number of nitrogens with zero attached hydrogens (tertiary/aromatic N) is 1. The predicted molar refractivity (Wildman–Crippen MR) is 98.6 cm³/mol. The molecule has 5 heteroatoms. The molecule has 0 saturated carbocycles. The molecule has 1 heterocycles. The van der Waals surface area contributed by atoms with E-state index in [2.05, 4.69) is 10.3 Å². The molecule has 0 unspecified atom stereocenters. The zero-order valence-electron chi connectivity index (χ0n) is 14.9. The van der Waals surface area contributed by atoms with E-state index in [1.54, 1.807) is 12.3 Å². The van der Waals surface area contributed by atoms with Crippen LogP contribution in [0.25, 0.3) is 6.08 Å². The second kappa shape index (κ2) is 9.47. The molecule has 0 spiro atoms. The minimum atomic E-state index is -0.170. The SMILES string of the molecule is CCOc1ccc(C=CC(=O)NCc2ncccc2C)cc1OCC. The van der Waals surface area contributed by atoms with Crippen LogP contribution >= 0.6 is 0 Å². The summed E-state index contributed by atoms with van der Waals surface area (Å²) >= 11 is 0. The molecule has 0 aliphatic carbocycles. The first-order valence-corrected chi connectivity index (χ1v) is 8.40. The zero-order valence-corrected chi connectivity index (χ0v) is 14.9. The summed E-state index contributed by atoms with van der Waals surface area (Å²) in [7, 11) is 0. The van der Waals surface area contributed by atoms with Gasteiger partial charge in [0.15, 0.2) is 11.5 Å². The van der Waals surface area contributed by atoms with Crippen molar-refractivity contribution in [2.24, 2.45) is 0 Å². The second-order valence-electron chi connectivity index (χ2n) is 5.39. The molecule has 0 bridgehead atoms. The van der Waals surface area contributed by atoms with Crippen LogP contribution in [-0.2, 0) is 11.3 Å². The molecule has 0 radical (unpaired) electrons. The quantitative estimate of drug-likeness (QED) is 0.747. The van der Waals surface area contributed by atoms with Gasteiger partial charge in [0.1, 0.15) is 0 Å². The molecule has 2 aromatic rings. The van der Waals surface area contributed by atoms with Crippen molar-refractivity contribution in [1.82, 2.24) is 10.3 Å². The van der Waals surface area contributed by atoms with Gasteiger partial charge in [-0.05, 0) is 56.2 Å². The van der Waals surface area contributed by atoms with Gasteiger partial charge in [-0.1, -0.05) is 12.1 Å². The van der Waals surface area contributed by atoms with Crippen molar-refractivity contribution in [2.45, 2.75) is 27.3 Å². The van der Waals surface area contributed by atoms with Crippen molar-refractivity contribution in [1.29, 1.82) is 0 Å². The van der Waals surface area contributed by atoms with Crippen LogP contribution in [0.15, 0.2) is 42.6 Å². The van der Waals surface area contributed by atoms with Gasteiger partial charge in [-0.2, -0.15) is 0 Å². The zero-order chi connectivity index (χ0) is 18.1. The summed E-state index contributed by atoms with van der Waals surface area (Å²) in [6, 6.07) is 9.45. The largest absolute Gasteiger partial charge is 0.490 e. The maximum absolute atomic E-state index is 12.0. The van der Waals surface area contributed by atoms with Gasteiger partial charge in [-0.15, -0.1) is 0 Å². The number of aromatic nitrogens is 1. The number of amides is 1. The average molecular weight is 340 g/mol. The predicted octanol–water partition coefficient (Wildman–Crippen LogP) is 3.52. The summed E-state index contributed by atoms with van der Waals surface area (Å²) in [5.74, 6) is 1.21. The minimum Gasteiger partial charge on any atom is -0.490 e. The highest BCUT2D eigenvalue weighted by Gasteiger charge is 2.05. The smallest absolute Gasteiger partial charge is 0.244 e. The summed E-state index contributed by atoms with van der Waals surface area (Å²) in [4.78, 5) is 16.3. The Morgan fingerprint density at radius 2 is 1.92 bits per heavy atom. The number of hydrogen-bond donors (Lipinski definition) is 1. The Bertz CT molecular complexity index is 741.